The van der Waals surface area contributed by atoms with Gasteiger partial charge in [-0.15, -0.1) is 0 Å². The molecule has 0 N–H and O–H groups in total. The molecule has 1 unspecified atom stereocenters. The molecule has 1 aromatic carbocycles. The standard InChI is InChI=1S/C23H32O3/c24-22-15-7-5-11-19(22)13-8-16-23(25)26-17-20-12-4-6-14-21(20)18-9-2-1-3-10-18/h4,6,12,14,18-19H,1-3,5,7-11,13,15-17H2. The molecule has 0 bridgehead atoms. The Kier molecular flexibility index (Phi) is 7.28. The Morgan fingerprint density at radius 3 is 2.58 bits per heavy atom. The summed E-state index contributed by atoms with van der Waals surface area (Å²) in [4.78, 5) is 24.0. The highest BCUT2D eigenvalue weighted by Gasteiger charge is 2.22. The summed E-state index contributed by atoms with van der Waals surface area (Å²) in [5.74, 6) is 1.07. The summed E-state index contributed by atoms with van der Waals surface area (Å²) in [6.07, 6.45) is 12.4. The van der Waals surface area contributed by atoms with E-state index in [1.807, 2.05) is 6.07 Å². The predicted molar refractivity (Wildman–Crippen MR) is 103 cm³/mol. The van der Waals surface area contributed by atoms with E-state index in [0.717, 1.165) is 44.1 Å². The number of ether oxygens (including phenoxy) is 1. The minimum Gasteiger partial charge on any atom is -0.461 e. The van der Waals surface area contributed by atoms with Crippen LogP contribution in [-0.4, -0.2) is 11.8 Å². The monoisotopic (exact) mass is 356 g/mol. The van der Waals surface area contributed by atoms with Gasteiger partial charge in [0.2, 0.25) is 0 Å². The Morgan fingerprint density at radius 2 is 1.77 bits per heavy atom. The van der Waals surface area contributed by atoms with Crippen LogP contribution in [0.15, 0.2) is 24.3 Å². The lowest BCUT2D eigenvalue weighted by atomic mass is 9.82. The van der Waals surface area contributed by atoms with Crippen molar-refractivity contribution >= 4 is 11.8 Å². The first-order valence-corrected chi connectivity index (χ1v) is 10.5. The first-order valence-electron chi connectivity index (χ1n) is 10.5. The molecule has 0 heterocycles. The summed E-state index contributed by atoms with van der Waals surface area (Å²) in [5, 5.41) is 0. The first kappa shape index (κ1) is 19.1. The fourth-order valence-electron chi connectivity index (χ4n) is 4.56. The molecule has 3 rings (SSSR count). The zero-order valence-corrected chi connectivity index (χ0v) is 15.9. The molecule has 2 fully saturated rings. The van der Waals surface area contributed by atoms with Crippen molar-refractivity contribution < 1.29 is 14.3 Å². The molecule has 1 atom stereocenters. The molecule has 2 aliphatic carbocycles. The van der Waals surface area contributed by atoms with Gasteiger partial charge in [0.05, 0.1) is 0 Å². The topological polar surface area (TPSA) is 43.4 Å². The van der Waals surface area contributed by atoms with Crippen molar-refractivity contribution in [2.24, 2.45) is 5.92 Å². The summed E-state index contributed by atoms with van der Waals surface area (Å²) in [6, 6.07) is 8.42. The van der Waals surface area contributed by atoms with Crippen molar-refractivity contribution in [2.45, 2.75) is 89.6 Å². The Hall–Kier alpha value is -1.64. The Morgan fingerprint density at radius 1 is 1.00 bits per heavy atom. The number of Topliss-reactive ketones (excluding diaryl/α,β-unsaturated/α-hetero) is 1. The zero-order chi connectivity index (χ0) is 18.2. The van der Waals surface area contributed by atoms with E-state index in [1.165, 1.54) is 37.7 Å². The van der Waals surface area contributed by atoms with Crippen LogP contribution >= 0.6 is 0 Å². The fourth-order valence-corrected chi connectivity index (χ4v) is 4.56. The van der Waals surface area contributed by atoms with Gasteiger partial charge in [0.15, 0.2) is 0 Å². The average molecular weight is 357 g/mol. The van der Waals surface area contributed by atoms with Crippen LogP contribution in [0.3, 0.4) is 0 Å². The second kappa shape index (κ2) is 9.89. The highest BCUT2D eigenvalue weighted by atomic mass is 16.5. The average Bonchev–Trinajstić information content (AvgIpc) is 2.69. The Balaban J connectivity index is 1.43. The fraction of sp³-hybridized carbons (Fsp3) is 0.652. The summed E-state index contributed by atoms with van der Waals surface area (Å²) in [6.45, 7) is 0.383. The van der Waals surface area contributed by atoms with Crippen LogP contribution in [0.5, 0.6) is 0 Å². The van der Waals surface area contributed by atoms with Gasteiger partial charge in [-0.25, -0.2) is 0 Å². The zero-order valence-electron chi connectivity index (χ0n) is 15.9. The van der Waals surface area contributed by atoms with E-state index in [9.17, 15) is 9.59 Å². The molecule has 26 heavy (non-hydrogen) atoms. The molecule has 0 amide bonds. The highest BCUT2D eigenvalue weighted by Crippen LogP contribution is 2.34. The van der Waals surface area contributed by atoms with Gasteiger partial charge in [-0.3, -0.25) is 9.59 Å². The summed E-state index contributed by atoms with van der Waals surface area (Å²) in [7, 11) is 0. The quantitative estimate of drug-likeness (QED) is 0.588. The van der Waals surface area contributed by atoms with Gasteiger partial charge in [-0.2, -0.15) is 0 Å². The maximum Gasteiger partial charge on any atom is 0.306 e. The van der Waals surface area contributed by atoms with E-state index in [4.69, 9.17) is 4.74 Å². The van der Waals surface area contributed by atoms with Crippen LogP contribution < -0.4 is 0 Å². The van der Waals surface area contributed by atoms with Gasteiger partial charge >= 0.3 is 5.97 Å². The Bertz CT molecular complexity index is 601. The molecule has 0 aliphatic heterocycles. The number of esters is 1. The molecule has 142 valence electrons. The van der Waals surface area contributed by atoms with Gasteiger partial charge in [-0.05, 0) is 55.6 Å². The molecule has 3 nitrogen and oxygen atoms in total. The van der Waals surface area contributed by atoms with Crippen molar-refractivity contribution in [3.05, 3.63) is 35.4 Å². The third-order valence-electron chi connectivity index (χ3n) is 6.10. The number of hydrogen-bond donors (Lipinski definition) is 0. The number of benzene rings is 1. The minimum absolute atomic E-state index is 0.133. The molecule has 3 heteroatoms. The van der Waals surface area contributed by atoms with Crippen LogP contribution in [0.1, 0.15) is 94.1 Å². The van der Waals surface area contributed by atoms with E-state index in [-0.39, 0.29) is 11.9 Å². The molecule has 0 saturated heterocycles. The molecule has 0 aromatic heterocycles. The summed E-state index contributed by atoms with van der Waals surface area (Å²) in [5.41, 5.74) is 2.53. The summed E-state index contributed by atoms with van der Waals surface area (Å²) < 4.78 is 5.55. The smallest absolute Gasteiger partial charge is 0.306 e. The maximum atomic E-state index is 12.1. The van der Waals surface area contributed by atoms with Crippen LogP contribution in [-0.2, 0) is 20.9 Å². The van der Waals surface area contributed by atoms with E-state index in [0.29, 0.717) is 24.7 Å². The third-order valence-corrected chi connectivity index (χ3v) is 6.10. The van der Waals surface area contributed by atoms with Crippen LogP contribution in [0.25, 0.3) is 0 Å². The van der Waals surface area contributed by atoms with E-state index >= 15 is 0 Å². The first-order chi connectivity index (χ1) is 12.7. The molecule has 2 aliphatic rings. The lowest BCUT2D eigenvalue weighted by Gasteiger charge is -2.24. The normalized spacial score (nSPS) is 21.5. The molecular weight excluding hydrogens is 324 g/mol. The van der Waals surface area contributed by atoms with E-state index < -0.39 is 0 Å². The SMILES string of the molecule is O=C(CCCC1CCCCC1=O)OCc1ccccc1C1CCCCC1. The summed E-state index contributed by atoms with van der Waals surface area (Å²) >= 11 is 0. The van der Waals surface area contributed by atoms with Crippen molar-refractivity contribution in [2.75, 3.05) is 0 Å². The third kappa shape index (κ3) is 5.43. The number of ketones is 1. The molecule has 2 saturated carbocycles. The molecule has 1 aromatic rings. The number of carbonyl (C=O) groups is 2. The largest absolute Gasteiger partial charge is 0.461 e. The molecule has 0 radical (unpaired) electrons. The van der Waals surface area contributed by atoms with E-state index in [2.05, 4.69) is 18.2 Å². The highest BCUT2D eigenvalue weighted by molar-refractivity contribution is 5.81. The molecular formula is C23H32O3. The van der Waals surface area contributed by atoms with Crippen LogP contribution in [0, 0.1) is 5.92 Å². The molecule has 0 spiro atoms. The number of hydrogen-bond acceptors (Lipinski definition) is 3. The number of rotatable bonds is 7. The maximum absolute atomic E-state index is 12.1. The van der Waals surface area contributed by atoms with Crippen molar-refractivity contribution in [1.82, 2.24) is 0 Å². The van der Waals surface area contributed by atoms with Crippen molar-refractivity contribution in [1.29, 1.82) is 0 Å². The van der Waals surface area contributed by atoms with Crippen molar-refractivity contribution in [3.63, 3.8) is 0 Å². The Labute approximate surface area is 157 Å². The van der Waals surface area contributed by atoms with Crippen molar-refractivity contribution in [3.8, 4) is 0 Å². The lowest BCUT2D eigenvalue weighted by molar-refractivity contribution is -0.145. The number of carbonyl (C=O) groups excluding carboxylic acids is 2. The van der Waals surface area contributed by atoms with Gasteiger partial charge in [-0.1, -0.05) is 49.9 Å². The van der Waals surface area contributed by atoms with Gasteiger partial charge < -0.3 is 4.74 Å². The second-order valence-corrected chi connectivity index (χ2v) is 8.00. The van der Waals surface area contributed by atoms with Gasteiger partial charge in [0, 0.05) is 18.8 Å². The van der Waals surface area contributed by atoms with Crippen LogP contribution in [0.4, 0.5) is 0 Å². The van der Waals surface area contributed by atoms with Gasteiger partial charge in [0.25, 0.3) is 0 Å². The predicted octanol–water partition coefficient (Wildman–Crippen LogP) is 5.71. The van der Waals surface area contributed by atoms with Crippen LogP contribution in [0.2, 0.25) is 0 Å². The van der Waals surface area contributed by atoms with E-state index in [1.54, 1.807) is 0 Å². The second-order valence-electron chi connectivity index (χ2n) is 8.00. The minimum atomic E-state index is -0.133. The lowest BCUT2D eigenvalue weighted by Crippen LogP contribution is -2.19. The van der Waals surface area contributed by atoms with Gasteiger partial charge in [0.1, 0.15) is 12.4 Å².